The smallest absolute Gasteiger partial charge is 0.314 e. The molecule has 1 saturated carbocycles. The molecule has 0 amide bonds. The molecule has 2 N–H and O–H groups in total. The van der Waals surface area contributed by atoms with Crippen LogP contribution in [-0.4, -0.2) is 16.2 Å². The van der Waals surface area contributed by atoms with E-state index in [2.05, 4.69) is 10.5 Å². The highest BCUT2D eigenvalue weighted by molar-refractivity contribution is 5.89. The third-order valence-electron chi connectivity index (χ3n) is 7.02. The number of nitrogens with zero attached hydrogens (tertiary/aromatic N) is 1. The lowest BCUT2D eigenvalue weighted by Crippen LogP contribution is -2.19. The standard InChI is InChI=1S/C32H26N2O4/c1-21-29(33-24-8-7-11-26(20-24)37-25-9-3-2-4-10-25)30(38-34-21)28-13-6-5-12-27(28)22-14-16-23(17-15-22)32(18-19-32)31(35)36/h2-17,20,33H,18-19H2,1H3,(H,35,36). The highest BCUT2D eigenvalue weighted by Crippen LogP contribution is 2.49. The SMILES string of the molecule is Cc1noc(-c2ccccc2-c2ccc(C3(C(=O)O)CC3)cc2)c1Nc1cccc(Oc2ccccc2)c1. The van der Waals surface area contributed by atoms with E-state index in [1.807, 2.05) is 110 Å². The van der Waals surface area contributed by atoms with Crippen molar-refractivity contribution in [3.63, 3.8) is 0 Å². The summed E-state index contributed by atoms with van der Waals surface area (Å²) in [5.74, 6) is 1.35. The predicted octanol–water partition coefficient (Wildman–Crippen LogP) is 7.97. The molecule has 0 bridgehead atoms. The first-order valence-corrected chi connectivity index (χ1v) is 12.5. The number of carbonyl (C=O) groups is 1. The van der Waals surface area contributed by atoms with Gasteiger partial charge in [0.25, 0.3) is 0 Å². The maximum absolute atomic E-state index is 11.7. The molecule has 1 heterocycles. The van der Waals surface area contributed by atoms with E-state index in [0.717, 1.165) is 45.1 Å². The van der Waals surface area contributed by atoms with Crippen molar-refractivity contribution in [3.8, 4) is 33.9 Å². The molecule has 6 rings (SSSR count). The van der Waals surface area contributed by atoms with Crippen molar-refractivity contribution in [1.29, 1.82) is 0 Å². The van der Waals surface area contributed by atoms with Gasteiger partial charge in [0, 0.05) is 17.3 Å². The van der Waals surface area contributed by atoms with Crippen LogP contribution in [0.3, 0.4) is 0 Å². The lowest BCUT2D eigenvalue weighted by atomic mass is 9.92. The Morgan fingerprint density at radius 2 is 1.55 bits per heavy atom. The van der Waals surface area contributed by atoms with Crippen molar-refractivity contribution < 1.29 is 19.2 Å². The van der Waals surface area contributed by atoms with Crippen LogP contribution in [0.15, 0.2) is 108 Å². The molecule has 0 unspecified atom stereocenters. The quantitative estimate of drug-likeness (QED) is 0.224. The van der Waals surface area contributed by atoms with Gasteiger partial charge < -0.3 is 19.7 Å². The Morgan fingerprint density at radius 1 is 0.868 bits per heavy atom. The van der Waals surface area contributed by atoms with Crippen LogP contribution in [0.4, 0.5) is 11.4 Å². The number of carboxylic acid groups (broad SMARTS) is 1. The van der Waals surface area contributed by atoms with E-state index >= 15 is 0 Å². The molecule has 6 heteroatoms. The molecule has 0 atom stereocenters. The van der Waals surface area contributed by atoms with E-state index in [1.54, 1.807) is 0 Å². The van der Waals surface area contributed by atoms with Crippen LogP contribution in [0.1, 0.15) is 24.1 Å². The Bertz CT molecular complexity index is 1600. The van der Waals surface area contributed by atoms with Crippen LogP contribution in [0.2, 0.25) is 0 Å². The van der Waals surface area contributed by atoms with Crippen molar-refractivity contribution in [1.82, 2.24) is 5.16 Å². The van der Waals surface area contributed by atoms with Crippen LogP contribution < -0.4 is 10.1 Å². The van der Waals surface area contributed by atoms with E-state index in [-0.39, 0.29) is 0 Å². The van der Waals surface area contributed by atoms with Gasteiger partial charge in [0.15, 0.2) is 5.76 Å². The average molecular weight is 503 g/mol. The minimum absolute atomic E-state index is 0.626. The lowest BCUT2D eigenvalue weighted by molar-refractivity contribution is -0.140. The van der Waals surface area contributed by atoms with Crippen LogP contribution in [-0.2, 0) is 10.2 Å². The fraction of sp³-hybridized carbons (Fsp3) is 0.125. The topological polar surface area (TPSA) is 84.6 Å². The molecule has 5 aromatic rings. The van der Waals surface area contributed by atoms with Crippen molar-refractivity contribution in [3.05, 3.63) is 114 Å². The number of ether oxygens (including phenoxy) is 1. The molecule has 0 spiro atoms. The van der Waals surface area contributed by atoms with Crippen LogP contribution in [0.25, 0.3) is 22.5 Å². The van der Waals surface area contributed by atoms with Crippen LogP contribution in [0.5, 0.6) is 11.5 Å². The number of hydrogen-bond donors (Lipinski definition) is 2. The molecular weight excluding hydrogens is 476 g/mol. The fourth-order valence-electron chi connectivity index (χ4n) is 4.76. The van der Waals surface area contributed by atoms with Crippen molar-refractivity contribution in [2.45, 2.75) is 25.2 Å². The highest BCUT2D eigenvalue weighted by Gasteiger charge is 2.51. The van der Waals surface area contributed by atoms with Gasteiger partial charge in [-0.25, -0.2) is 0 Å². The summed E-state index contributed by atoms with van der Waals surface area (Å²) in [5, 5.41) is 17.4. The van der Waals surface area contributed by atoms with E-state index in [4.69, 9.17) is 9.26 Å². The number of anilines is 2. The molecule has 1 aliphatic rings. The summed E-state index contributed by atoms with van der Waals surface area (Å²) in [6.07, 6.45) is 1.37. The highest BCUT2D eigenvalue weighted by atomic mass is 16.5. The van der Waals surface area contributed by atoms with Gasteiger partial charge in [0.2, 0.25) is 0 Å². The number of hydrogen-bond acceptors (Lipinski definition) is 5. The number of aromatic nitrogens is 1. The third kappa shape index (κ3) is 4.41. The van der Waals surface area contributed by atoms with E-state index < -0.39 is 11.4 Å². The maximum Gasteiger partial charge on any atom is 0.314 e. The first-order chi connectivity index (χ1) is 18.5. The van der Waals surface area contributed by atoms with Gasteiger partial charge in [-0.2, -0.15) is 0 Å². The molecule has 0 radical (unpaired) electrons. The molecule has 1 aliphatic carbocycles. The summed E-state index contributed by atoms with van der Waals surface area (Å²) in [5.41, 5.74) is 5.31. The van der Waals surface area contributed by atoms with E-state index in [0.29, 0.717) is 24.4 Å². The van der Waals surface area contributed by atoms with Crippen LogP contribution in [0, 0.1) is 6.92 Å². The summed E-state index contributed by atoms with van der Waals surface area (Å²) in [6, 6.07) is 33.2. The van der Waals surface area contributed by atoms with E-state index in [1.165, 1.54) is 0 Å². The average Bonchev–Trinajstić information content (AvgIpc) is 3.69. The number of carboxylic acids is 1. The number of nitrogens with one attached hydrogen (secondary N) is 1. The van der Waals surface area contributed by atoms with Gasteiger partial charge in [0.1, 0.15) is 22.9 Å². The monoisotopic (exact) mass is 502 g/mol. The number of benzene rings is 4. The van der Waals surface area contributed by atoms with Crippen molar-refractivity contribution in [2.75, 3.05) is 5.32 Å². The Balaban J connectivity index is 1.31. The summed E-state index contributed by atoms with van der Waals surface area (Å²) < 4.78 is 11.8. The Morgan fingerprint density at radius 3 is 2.26 bits per heavy atom. The minimum atomic E-state index is -0.753. The predicted molar refractivity (Wildman–Crippen MR) is 147 cm³/mol. The summed E-state index contributed by atoms with van der Waals surface area (Å²) in [7, 11) is 0. The maximum atomic E-state index is 11.7. The summed E-state index contributed by atoms with van der Waals surface area (Å²) in [6.45, 7) is 1.90. The number of aryl methyl sites for hydroxylation is 1. The number of rotatable bonds is 8. The number of aliphatic carboxylic acids is 1. The summed E-state index contributed by atoms with van der Waals surface area (Å²) >= 11 is 0. The van der Waals surface area contributed by atoms with Crippen LogP contribution >= 0.6 is 0 Å². The zero-order valence-corrected chi connectivity index (χ0v) is 20.8. The minimum Gasteiger partial charge on any atom is -0.481 e. The molecule has 6 nitrogen and oxygen atoms in total. The molecule has 4 aromatic carbocycles. The lowest BCUT2D eigenvalue weighted by Gasteiger charge is -2.14. The molecule has 1 aromatic heterocycles. The van der Waals surface area contributed by atoms with Gasteiger partial charge in [-0.15, -0.1) is 0 Å². The molecule has 0 saturated heterocycles. The van der Waals surface area contributed by atoms with Crippen molar-refractivity contribution >= 4 is 17.3 Å². The summed E-state index contributed by atoms with van der Waals surface area (Å²) in [4.78, 5) is 11.7. The van der Waals surface area contributed by atoms with Gasteiger partial charge in [-0.05, 0) is 60.7 Å². The molecular formula is C32H26N2O4. The Hall–Kier alpha value is -4.84. The van der Waals surface area contributed by atoms with E-state index in [9.17, 15) is 9.90 Å². The number of para-hydroxylation sites is 1. The second-order valence-corrected chi connectivity index (χ2v) is 9.55. The second kappa shape index (κ2) is 9.56. The normalized spacial score (nSPS) is 13.6. The zero-order valence-electron chi connectivity index (χ0n) is 20.8. The van der Waals surface area contributed by atoms with Crippen molar-refractivity contribution in [2.24, 2.45) is 0 Å². The second-order valence-electron chi connectivity index (χ2n) is 9.55. The first kappa shape index (κ1) is 23.6. The molecule has 188 valence electrons. The van der Waals surface area contributed by atoms with Gasteiger partial charge in [-0.1, -0.05) is 78.0 Å². The third-order valence-corrected chi connectivity index (χ3v) is 7.02. The zero-order chi connectivity index (χ0) is 26.1. The molecule has 38 heavy (non-hydrogen) atoms. The Labute approximate surface area is 220 Å². The fourth-order valence-corrected chi connectivity index (χ4v) is 4.76. The Kier molecular flexibility index (Phi) is 5.92. The van der Waals surface area contributed by atoms with Gasteiger partial charge in [0.05, 0.1) is 5.41 Å². The van der Waals surface area contributed by atoms with Gasteiger partial charge in [-0.3, -0.25) is 4.79 Å². The molecule has 0 aliphatic heterocycles. The molecule has 1 fully saturated rings. The van der Waals surface area contributed by atoms with Gasteiger partial charge >= 0.3 is 5.97 Å². The largest absolute Gasteiger partial charge is 0.481 e. The first-order valence-electron chi connectivity index (χ1n) is 12.5.